The Kier molecular flexibility index (Phi) is 3.92. The van der Waals surface area contributed by atoms with E-state index < -0.39 is 0 Å². The molecule has 3 rings (SSSR count). The second kappa shape index (κ2) is 5.85. The highest BCUT2D eigenvalue weighted by Crippen LogP contribution is 2.24. The van der Waals surface area contributed by atoms with Gasteiger partial charge in [-0.1, -0.05) is 0 Å². The third kappa shape index (κ3) is 2.78. The van der Waals surface area contributed by atoms with Gasteiger partial charge in [-0.3, -0.25) is 9.59 Å². The number of quaternary nitrogens is 1. The lowest BCUT2D eigenvalue weighted by molar-refractivity contribution is -0.706. The van der Waals surface area contributed by atoms with Crippen LogP contribution < -0.4 is 15.0 Å². The van der Waals surface area contributed by atoms with E-state index in [9.17, 15) is 9.59 Å². The summed E-state index contributed by atoms with van der Waals surface area (Å²) in [6.07, 6.45) is 5.08. The standard InChI is InChI=1S/C16H20N2O3/c1-21-13-8-6-12(7-9-13)18-15(19)10-14(16(18)20)17-11-4-2-3-5-11/h6-9,11,14,17H,2-5,10H2,1H3/p+1/t14-/m0/s1. The summed E-state index contributed by atoms with van der Waals surface area (Å²) in [6.45, 7) is 0. The Morgan fingerprint density at radius 2 is 1.81 bits per heavy atom. The summed E-state index contributed by atoms with van der Waals surface area (Å²) in [4.78, 5) is 26.0. The predicted octanol–water partition coefficient (Wildman–Crippen LogP) is 0.833. The number of carbonyl (C=O) groups excluding carboxylic acids is 2. The molecule has 112 valence electrons. The Balaban J connectivity index is 1.73. The van der Waals surface area contributed by atoms with Crippen molar-refractivity contribution in [1.29, 1.82) is 0 Å². The van der Waals surface area contributed by atoms with Gasteiger partial charge in [-0.05, 0) is 49.9 Å². The molecule has 0 aromatic heterocycles. The molecular formula is C16H21N2O3+. The fourth-order valence-corrected chi connectivity index (χ4v) is 3.29. The highest BCUT2D eigenvalue weighted by atomic mass is 16.5. The van der Waals surface area contributed by atoms with Crippen molar-refractivity contribution >= 4 is 17.5 Å². The molecule has 1 aromatic rings. The van der Waals surface area contributed by atoms with Gasteiger partial charge in [0.1, 0.15) is 5.75 Å². The molecule has 0 spiro atoms. The van der Waals surface area contributed by atoms with E-state index >= 15 is 0 Å². The van der Waals surface area contributed by atoms with Gasteiger partial charge >= 0.3 is 0 Å². The molecule has 0 unspecified atom stereocenters. The third-order valence-electron chi connectivity index (χ3n) is 4.42. The van der Waals surface area contributed by atoms with E-state index in [1.54, 1.807) is 31.4 Å². The van der Waals surface area contributed by atoms with Crippen LogP contribution in [0.2, 0.25) is 0 Å². The van der Waals surface area contributed by atoms with Crippen molar-refractivity contribution in [2.45, 2.75) is 44.2 Å². The first-order chi connectivity index (χ1) is 10.2. The molecule has 1 atom stereocenters. The van der Waals surface area contributed by atoms with Gasteiger partial charge in [0.15, 0.2) is 6.04 Å². The smallest absolute Gasteiger partial charge is 0.292 e. The molecule has 1 aliphatic heterocycles. The molecule has 1 saturated heterocycles. The Bertz CT molecular complexity index is 535. The number of amides is 2. The Labute approximate surface area is 124 Å². The lowest BCUT2D eigenvalue weighted by Gasteiger charge is -2.16. The minimum atomic E-state index is -0.247. The van der Waals surface area contributed by atoms with Crippen LogP contribution in [0.1, 0.15) is 32.1 Å². The second-order valence-corrected chi connectivity index (χ2v) is 5.81. The molecule has 2 N–H and O–H groups in total. The van der Waals surface area contributed by atoms with Crippen molar-refractivity contribution in [3.8, 4) is 5.75 Å². The number of imide groups is 1. The number of rotatable bonds is 4. The lowest BCUT2D eigenvalue weighted by atomic mass is 10.2. The molecule has 0 bridgehead atoms. The number of hydrogen-bond acceptors (Lipinski definition) is 3. The fraction of sp³-hybridized carbons (Fsp3) is 0.500. The molecule has 0 radical (unpaired) electrons. The lowest BCUT2D eigenvalue weighted by Crippen LogP contribution is -2.95. The molecule has 2 aliphatic rings. The number of nitrogens with zero attached hydrogens (tertiary/aromatic N) is 1. The van der Waals surface area contributed by atoms with E-state index in [2.05, 4.69) is 5.32 Å². The maximum Gasteiger partial charge on any atom is 0.292 e. The fourth-order valence-electron chi connectivity index (χ4n) is 3.29. The van der Waals surface area contributed by atoms with Crippen LogP contribution in [-0.2, 0) is 9.59 Å². The first-order valence-corrected chi connectivity index (χ1v) is 7.55. The van der Waals surface area contributed by atoms with Gasteiger partial charge in [0.2, 0.25) is 5.91 Å². The SMILES string of the molecule is COc1ccc(N2C(=O)C[C@H]([NH2+]C3CCCC3)C2=O)cc1. The average Bonchev–Trinajstić information content (AvgIpc) is 3.09. The number of nitrogens with two attached hydrogens (primary N) is 1. The van der Waals surface area contributed by atoms with Gasteiger partial charge in [-0.25, -0.2) is 4.90 Å². The van der Waals surface area contributed by atoms with Crippen LogP contribution in [0.15, 0.2) is 24.3 Å². The van der Waals surface area contributed by atoms with Crippen LogP contribution in [0.25, 0.3) is 0 Å². The molecule has 21 heavy (non-hydrogen) atoms. The van der Waals surface area contributed by atoms with E-state index in [4.69, 9.17) is 4.74 Å². The van der Waals surface area contributed by atoms with E-state index in [1.807, 2.05) is 0 Å². The number of carbonyl (C=O) groups is 2. The highest BCUT2D eigenvalue weighted by molar-refractivity contribution is 6.21. The monoisotopic (exact) mass is 289 g/mol. The van der Waals surface area contributed by atoms with E-state index in [1.165, 1.54) is 17.7 Å². The topological polar surface area (TPSA) is 63.2 Å². The number of anilines is 1. The summed E-state index contributed by atoms with van der Waals surface area (Å²) < 4.78 is 5.10. The van der Waals surface area contributed by atoms with E-state index in [0.29, 0.717) is 23.9 Å². The van der Waals surface area contributed by atoms with Crippen molar-refractivity contribution in [3.05, 3.63) is 24.3 Å². The minimum absolute atomic E-state index is 0.0860. The van der Waals surface area contributed by atoms with Crippen LogP contribution >= 0.6 is 0 Å². The largest absolute Gasteiger partial charge is 0.497 e. The van der Waals surface area contributed by atoms with Gasteiger partial charge in [0.05, 0.1) is 25.3 Å². The van der Waals surface area contributed by atoms with Crippen molar-refractivity contribution in [1.82, 2.24) is 0 Å². The van der Waals surface area contributed by atoms with Crippen LogP contribution in [0.5, 0.6) is 5.75 Å². The zero-order valence-electron chi connectivity index (χ0n) is 12.2. The van der Waals surface area contributed by atoms with Crippen LogP contribution in [-0.4, -0.2) is 31.0 Å². The second-order valence-electron chi connectivity index (χ2n) is 5.81. The third-order valence-corrected chi connectivity index (χ3v) is 4.42. The quantitative estimate of drug-likeness (QED) is 0.835. The molecule has 5 heteroatoms. The maximum absolute atomic E-state index is 12.5. The summed E-state index contributed by atoms with van der Waals surface area (Å²) in [5, 5.41) is 2.11. The Morgan fingerprint density at radius 3 is 2.43 bits per heavy atom. The first kappa shape index (κ1) is 14.1. The maximum atomic E-state index is 12.5. The molecule has 1 aromatic carbocycles. The predicted molar refractivity (Wildman–Crippen MR) is 78.1 cm³/mol. The average molecular weight is 289 g/mol. The van der Waals surface area contributed by atoms with Crippen molar-refractivity contribution in [2.24, 2.45) is 0 Å². The molecular weight excluding hydrogens is 268 g/mol. The van der Waals surface area contributed by atoms with Gasteiger partial charge in [0, 0.05) is 0 Å². The highest BCUT2D eigenvalue weighted by Gasteiger charge is 2.43. The molecule has 1 saturated carbocycles. The molecule has 2 amide bonds. The normalized spacial score (nSPS) is 23.1. The van der Waals surface area contributed by atoms with Gasteiger partial charge in [-0.2, -0.15) is 0 Å². The summed E-state index contributed by atoms with van der Waals surface area (Å²) in [6, 6.07) is 7.30. The Morgan fingerprint density at radius 1 is 1.14 bits per heavy atom. The molecule has 1 heterocycles. The number of methoxy groups -OCH3 is 1. The van der Waals surface area contributed by atoms with E-state index in [0.717, 1.165) is 12.8 Å². The first-order valence-electron chi connectivity index (χ1n) is 7.55. The number of benzene rings is 1. The summed E-state index contributed by atoms with van der Waals surface area (Å²) in [5.41, 5.74) is 0.633. The zero-order chi connectivity index (χ0) is 14.8. The molecule has 1 aliphatic carbocycles. The molecule has 5 nitrogen and oxygen atoms in total. The minimum Gasteiger partial charge on any atom is -0.497 e. The van der Waals surface area contributed by atoms with Crippen LogP contribution in [0.4, 0.5) is 5.69 Å². The zero-order valence-corrected chi connectivity index (χ0v) is 12.2. The number of ether oxygens (including phenoxy) is 1. The van der Waals surface area contributed by atoms with Crippen molar-refractivity contribution in [3.63, 3.8) is 0 Å². The van der Waals surface area contributed by atoms with Gasteiger partial charge in [0.25, 0.3) is 5.91 Å². The van der Waals surface area contributed by atoms with Crippen LogP contribution in [0, 0.1) is 0 Å². The summed E-state index contributed by atoms with van der Waals surface area (Å²) >= 11 is 0. The van der Waals surface area contributed by atoms with Crippen molar-refractivity contribution < 1.29 is 19.6 Å². The summed E-state index contributed by atoms with van der Waals surface area (Å²) in [7, 11) is 1.59. The molecule has 2 fully saturated rings. The van der Waals surface area contributed by atoms with E-state index in [-0.39, 0.29) is 17.9 Å². The summed E-state index contributed by atoms with van der Waals surface area (Å²) in [5.74, 6) is 0.522. The van der Waals surface area contributed by atoms with Crippen molar-refractivity contribution in [2.75, 3.05) is 12.0 Å². The van der Waals surface area contributed by atoms with Crippen LogP contribution in [0.3, 0.4) is 0 Å². The number of hydrogen-bond donors (Lipinski definition) is 1. The Hall–Kier alpha value is -1.88. The van der Waals surface area contributed by atoms with Gasteiger partial charge in [-0.15, -0.1) is 0 Å². The van der Waals surface area contributed by atoms with Gasteiger partial charge < -0.3 is 10.1 Å².